The number of rotatable bonds is 3. The summed E-state index contributed by atoms with van der Waals surface area (Å²) in [5.41, 5.74) is -0.741. The Balaban J connectivity index is 0.00000225. The zero-order valence-corrected chi connectivity index (χ0v) is 11.2. The zero-order valence-electron chi connectivity index (χ0n) is 8.72. The van der Waals surface area contributed by atoms with Crippen LogP contribution < -0.4 is 4.80 Å². The molecule has 0 aromatic carbocycles. The molecule has 0 aliphatic carbocycles. The first-order valence-electron chi connectivity index (χ1n) is 4.19. The van der Waals surface area contributed by atoms with Gasteiger partial charge in [0.25, 0.3) is 0 Å². The number of hydrogen-bond donors (Lipinski definition) is 1. The van der Waals surface area contributed by atoms with Crippen molar-refractivity contribution in [3.63, 3.8) is 0 Å². The number of halogens is 4. The number of aryl methyl sites for hydroxylation is 1. The van der Waals surface area contributed by atoms with Crippen LogP contribution >= 0.6 is 28.3 Å². The molecule has 0 fully saturated rings. The molecular formula is C8H12BrF3N2OS. The number of hydrogen-bond acceptors (Lipinski definition) is 3. The molecule has 1 N–H and O–H groups in total. The van der Waals surface area contributed by atoms with Crippen LogP contribution in [0.3, 0.4) is 0 Å². The van der Waals surface area contributed by atoms with Gasteiger partial charge in [-0.2, -0.15) is 13.2 Å². The van der Waals surface area contributed by atoms with Gasteiger partial charge in [0.1, 0.15) is 5.69 Å². The molecular weight excluding hydrogens is 309 g/mol. The number of aromatic nitrogens is 1. The van der Waals surface area contributed by atoms with Gasteiger partial charge in [-0.3, -0.25) is 5.41 Å². The van der Waals surface area contributed by atoms with Gasteiger partial charge in [-0.05, 0) is 6.92 Å². The average Bonchev–Trinajstić information content (AvgIpc) is 2.36. The lowest BCUT2D eigenvalue weighted by atomic mass is 10.3. The summed E-state index contributed by atoms with van der Waals surface area (Å²) >= 11 is 0.827. The third-order valence-corrected chi connectivity index (χ3v) is 2.80. The molecule has 1 aromatic rings. The largest absolute Gasteiger partial charge is 0.432 e. The zero-order chi connectivity index (χ0) is 11.6. The monoisotopic (exact) mass is 320 g/mol. The topological polar surface area (TPSA) is 38.0 Å². The maximum absolute atomic E-state index is 12.6. The molecule has 0 bridgehead atoms. The van der Waals surface area contributed by atoms with Crippen molar-refractivity contribution in [3.8, 4) is 0 Å². The lowest BCUT2D eigenvalue weighted by Crippen LogP contribution is -2.23. The van der Waals surface area contributed by atoms with E-state index in [2.05, 4.69) is 0 Å². The summed E-state index contributed by atoms with van der Waals surface area (Å²) in [6.07, 6.45) is -4.41. The number of ether oxygens (including phenoxy) is 1. The van der Waals surface area contributed by atoms with Crippen molar-refractivity contribution < 1.29 is 17.9 Å². The molecule has 8 heteroatoms. The van der Waals surface area contributed by atoms with Crippen molar-refractivity contribution in [1.29, 1.82) is 5.41 Å². The first kappa shape index (κ1) is 15.7. The lowest BCUT2D eigenvalue weighted by molar-refractivity contribution is -0.144. The van der Waals surface area contributed by atoms with E-state index in [1.807, 2.05) is 0 Å². The molecule has 0 spiro atoms. The maximum Gasteiger partial charge on any atom is 0.432 e. The summed E-state index contributed by atoms with van der Waals surface area (Å²) in [6.45, 7) is 1.58. The third-order valence-electron chi connectivity index (χ3n) is 1.89. The summed E-state index contributed by atoms with van der Waals surface area (Å²) in [5.74, 6) is 0. The van der Waals surface area contributed by atoms with Crippen molar-refractivity contribution >= 4 is 28.3 Å². The summed E-state index contributed by atoms with van der Waals surface area (Å²) in [4.78, 5) is 0.0143. The van der Waals surface area contributed by atoms with Crippen molar-refractivity contribution in [2.75, 3.05) is 13.7 Å². The van der Waals surface area contributed by atoms with Gasteiger partial charge in [0.05, 0.1) is 6.61 Å². The standard InChI is InChI=1S/C8H11F3N2OS.BrH/c1-5-6(8(9,10)11)13(3-4-14-2)7(12)15-5;/h12H,3-4H2,1-2H3;1H. The van der Waals surface area contributed by atoms with Crippen LogP contribution in [0.2, 0.25) is 0 Å². The van der Waals surface area contributed by atoms with Gasteiger partial charge in [-0.25, -0.2) is 0 Å². The van der Waals surface area contributed by atoms with E-state index in [4.69, 9.17) is 10.1 Å². The minimum atomic E-state index is -4.41. The van der Waals surface area contributed by atoms with Crippen LogP contribution in [-0.2, 0) is 17.5 Å². The summed E-state index contributed by atoms with van der Waals surface area (Å²) in [5, 5.41) is 7.42. The lowest BCUT2D eigenvalue weighted by Gasteiger charge is -2.11. The van der Waals surface area contributed by atoms with Crippen LogP contribution in [0.4, 0.5) is 13.2 Å². The Hall–Kier alpha value is -0.340. The van der Waals surface area contributed by atoms with E-state index < -0.39 is 11.9 Å². The molecule has 0 radical (unpaired) electrons. The first-order chi connectivity index (χ1) is 6.88. The molecule has 0 saturated heterocycles. The number of thiazole rings is 1. The van der Waals surface area contributed by atoms with Crippen LogP contribution in [0.15, 0.2) is 0 Å². The molecule has 0 atom stereocenters. The molecule has 1 rings (SSSR count). The fraction of sp³-hybridized carbons (Fsp3) is 0.625. The Morgan fingerprint density at radius 1 is 1.44 bits per heavy atom. The fourth-order valence-corrected chi connectivity index (χ4v) is 2.19. The Bertz CT molecular complexity index is 399. The SMILES string of the molecule is Br.COCCn1c(C(F)(F)F)c(C)sc1=N. The highest BCUT2D eigenvalue weighted by Gasteiger charge is 2.37. The molecule has 16 heavy (non-hydrogen) atoms. The normalized spacial score (nSPS) is 11.3. The molecule has 94 valence electrons. The predicted molar refractivity (Wildman–Crippen MR) is 60.1 cm³/mol. The van der Waals surface area contributed by atoms with Gasteiger partial charge in [0, 0.05) is 18.5 Å². The molecule has 0 aliphatic rings. The first-order valence-corrected chi connectivity index (χ1v) is 5.00. The maximum atomic E-state index is 12.6. The molecule has 1 heterocycles. The smallest absolute Gasteiger partial charge is 0.383 e. The minimum absolute atomic E-state index is 0. The highest BCUT2D eigenvalue weighted by Crippen LogP contribution is 2.32. The number of nitrogens with zero attached hydrogens (tertiary/aromatic N) is 1. The second-order valence-corrected chi connectivity index (χ2v) is 4.16. The number of methoxy groups -OCH3 is 1. The van der Waals surface area contributed by atoms with Gasteiger partial charge in [0.2, 0.25) is 0 Å². The molecule has 3 nitrogen and oxygen atoms in total. The van der Waals surface area contributed by atoms with Crippen LogP contribution in [0.1, 0.15) is 10.6 Å². The van der Waals surface area contributed by atoms with E-state index in [9.17, 15) is 13.2 Å². The second kappa shape index (κ2) is 5.83. The van der Waals surface area contributed by atoms with E-state index in [0.717, 1.165) is 15.9 Å². The Kier molecular flexibility index (Phi) is 5.71. The number of nitrogens with one attached hydrogen (secondary N) is 1. The fourth-order valence-electron chi connectivity index (χ4n) is 1.29. The van der Waals surface area contributed by atoms with Crippen molar-refractivity contribution in [2.24, 2.45) is 0 Å². The van der Waals surface area contributed by atoms with E-state index in [1.165, 1.54) is 14.0 Å². The highest BCUT2D eigenvalue weighted by atomic mass is 79.9. The van der Waals surface area contributed by atoms with Gasteiger partial charge in [-0.1, -0.05) is 0 Å². The molecule has 0 aliphatic heterocycles. The quantitative estimate of drug-likeness (QED) is 0.913. The molecule has 0 unspecified atom stereocenters. The van der Waals surface area contributed by atoms with E-state index in [1.54, 1.807) is 0 Å². The van der Waals surface area contributed by atoms with Crippen molar-refractivity contribution in [3.05, 3.63) is 15.4 Å². The van der Waals surface area contributed by atoms with Gasteiger partial charge < -0.3 is 9.30 Å². The van der Waals surface area contributed by atoms with Gasteiger partial charge in [-0.15, -0.1) is 28.3 Å². The Morgan fingerprint density at radius 3 is 2.44 bits per heavy atom. The molecule has 1 aromatic heterocycles. The predicted octanol–water partition coefficient (Wildman–Crippen LogP) is 2.58. The Labute approximate surface area is 105 Å². The van der Waals surface area contributed by atoms with E-state index >= 15 is 0 Å². The summed E-state index contributed by atoms with van der Waals surface area (Å²) < 4.78 is 43.5. The summed E-state index contributed by atoms with van der Waals surface area (Å²) in [6, 6.07) is 0. The van der Waals surface area contributed by atoms with Crippen molar-refractivity contribution in [2.45, 2.75) is 19.6 Å². The van der Waals surface area contributed by atoms with E-state index in [-0.39, 0.29) is 39.8 Å². The highest BCUT2D eigenvalue weighted by molar-refractivity contribution is 8.93. The second-order valence-electron chi connectivity index (χ2n) is 2.95. The van der Waals surface area contributed by atoms with Gasteiger partial charge in [0.15, 0.2) is 4.80 Å². The summed E-state index contributed by atoms with van der Waals surface area (Å²) in [7, 11) is 1.41. The molecule has 0 saturated carbocycles. The van der Waals surface area contributed by atoms with Gasteiger partial charge >= 0.3 is 6.18 Å². The Morgan fingerprint density at radius 2 is 2.00 bits per heavy atom. The third kappa shape index (κ3) is 3.33. The number of alkyl halides is 3. The van der Waals surface area contributed by atoms with Crippen LogP contribution in [-0.4, -0.2) is 18.3 Å². The average molecular weight is 321 g/mol. The molecule has 0 amide bonds. The van der Waals surface area contributed by atoms with E-state index in [0.29, 0.717) is 0 Å². The van der Waals surface area contributed by atoms with Crippen LogP contribution in [0, 0.1) is 12.3 Å². The van der Waals surface area contributed by atoms with Crippen LogP contribution in [0.5, 0.6) is 0 Å². The van der Waals surface area contributed by atoms with Crippen LogP contribution in [0.25, 0.3) is 0 Å². The van der Waals surface area contributed by atoms with Crippen molar-refractivity contribution in [1.82, 2.24) is 4.57 Å². The minimum Gasteiger partial charge on any atom is -0.383 e.